The molecule has 0 aliphatic heterocycles. The molecule has 0 saturated carbocycles. The highest BCUT2D eigenvalue weighted by molar-refractivity contribution is 5.92. The number of nitrogens with zero attached hydrogens (tertiary/aromatic N) is 6. The standard InChI is InChI=1S/C23H20F6N6O2/c1-3-37-21(36)35-13-15(18-6-4-5-7-19(18)35)12-34(20-30-32-33(2)31-20)11-14-8-16(22(24,25)26)10-17(9-14)23(27,28)29/h4-10,13H,3,11-12H2,1-2H3. The molecule has 14 heteroatoms. The molecule has 0 saturated heterocycles. The number of aryl methyl sites for hydroxylation is 1. The Balaban J connectivity index is 1.78. The minimum atomic E-state index is -4.99. The lowest BCUT2D eigenvalue weighted by Crippen LogP contribution is -2.24. The van der Waals surface area contributed by atoms with Crippen LogP contribution in [0.4, 0.5) is 37.1 Å². The highest BCUT2D eigenvalue weighted by atomic mass is 19.4. The van der Waals surface area contributed by atoms with Gasteiger partial charge in [0.05, 0.1) is 30.3 Å². The summed E-state index contributed by atoms with van der Waals surface area (Å²) in [7, 11) is 1.47. The van der Waals surface area contributed by atoms with Crippen LogP contribution in [0.15, 0.2) is 48.7 Å². The molecular formula is C23H20F6N6O2. The third kappa shape index (κ3) is 5.67. The van der Waals surface area contributed by atoms with E-state index in [0.717, 1.165) is 4.80 Å². The molecule has 0 fully saturated rings. The summed E-state index contributed by atoms with van der Waals surface area (Å²) < 4.78 is 86.7. The Morgan fingerprint density at radius 2 is 1.65 bits per heavy atom. The second-order valence-electron chi connectivity index (χ2n) is 8.09. The molecule has 0 radical (unpaired) electrons. The second kappa shape index (κ2) is 9.75. The van der Waals surface area contributed by atoms with Gasteiger partial charge in [-0.1, -0.05) is 23.3 Å². The number of rotatable bonds is 6. The van der Waals surface area contributed by atoms with E-state index in [4.69, 9.17) is 4.74 Å². The van der Waals surface area contributed by atoms with Crippen LogP contribution in [0, 0.1) is 0 Å². The Morgan fingerprint density at radius 3 is 2.22 bits per heavy atom. The average molecular weight is 526 g/mol. The first-order chi connectivity index (χ1) is 17.4. The fourth-order valence-corrected chi connectivity index (χ4v) is 3.85. The molecule has 0 aliphatic carbocycles. The number of fused-ring (bicyclic) bond motifs is 1. The molecule has 2 aromatic carbocycles. The van der Waals surface area contributed by atoms with Crippen molar-refractivity contribution in [2.24, 2.45) is 7.05 Å². The number of anilines is 1. The Morgan fingerprint density at radius 1 is 1.00 bits per heavy atom. The summed E-state index contributed by atoms with van der Waals surface area (Å²) in [4.78, 5) is 14.9. The van der Waals surface area contributed by atoms with Crippen LogP contribution in [0.2, 0.25) is 0 Å². The van der Waals surface area contributed by atoms with Gasteiger partial charge in [0.1, 0.15) is 0 Å². The van der Waals surface area contributed by atoms with E-state index in [2.05, 4.69) is 15.4 Å². The summed E-state index contributed by atoms with van der Waals surface area (Å²) >= 11 is 0. The highest BCUT2D eigenvalue weighted by Gasteiger charge is 2.37. The summed E-state index contributed by atoms with van der Waals surface area (Å²) in [5.74, 6) is -0.0264. The Labute approximate surface area is 206 Å². The Hall–Kier alpha value is -4.10. The van der Waals surface area contributed by atoms with Gasteiger partial charge in [-0.25, -0.2) is 4.79 Å². The summed E-state index contributed by atoms with van der Waals surface area (Å²) in [5.41, 5.74) is -2.06. The normalized spacial score (nSPS) is 12.2. The van der Waals surface area contributed by atoms with Gasteiger partial charge < -0.3 is 9.64 Å². The lowest BCUT2D eigenvalue weighted by molar-refractivity contribution is -0.143. The van der Waals surface area contributed by atoms with E-state index in [1.165, 1.54) is 22.7 Å². The number of carbonyl (C=O) groups excluding carboxylic acids is 1. The molecule has 0 bridgehead atoms. The zero-order valence-electron chi connectivity index (χ0n) is 19.5. The lowest BCUT2D eigenvalue weighted by atomic mass is 10.0. The first-order valence-electron chi connectivity index (χ1n) is 10.9. The van der Waals surface area contributed by atoms with Crippen molar-refractivity contribution in [2.75, 3.05) is 11.5 Å². The van der Waals surface area contributed by atoms with E-state index in [9.17, 15) is 31.1 Å². The fraction of sp³-hybridized carbons (Fsp3) is 0.304. The molecular weight excluding hydrogens is 506 g/mol. The quantitative estimate of drug-likeness (QED) is 0.313. The van der Waals surface area contributed by atoms with Crippen LogP contribution in [-0.2, 0) is 37.2 Å². The monoisotopic (exact) mass is 526 g/mol. The molecule has 4 rings (SSSR count). The van der Waals surface area contributed by atoms with E-state index >= 15 is 0 Å². The second-order valence-corrected chi connectivity index (χ2v) is 8.09. The number of carbonyl (C=O) groups is 1. The fourth-order valence-electron chi connectivity index (χ4n) is 3.85. The molecule has 0 N–H and O–H groups in total. The van der Waals surface area contributed by atoms with Crippen molar-refractivity contribution >= 4 is 22.9 Å². The van der Waals surface area contributed by atoms with E-state index < -0.39 is 36.1 Å². The third-order valence-corrected chi connectivity index (χ3v) is 5.42. The highest BCUT2D eigenvalue weighted by Crippen LogP contribution is 2.37. The molecule has 0 atom stereocenters. The number of hydrogen-bond acceptors (Lipinski definition) is 6. The van der Waals surface area contributed by atoms with Crippen LogP contribution >= 0.6 is 0 Å². The van der Waals surface area contributed by atoms with Gasteiger partial charge in [0.2, 0.25) is 0 Å². The van der Waals surface area contributed by atoms with Crippen molar-refractivity contribution < 1.29 is 35.9 Å². The van der Waals surface area contributed by atoms with Crippen LogP contribution in [0.1, 0.15) is 29.2 Å². The third-order valence-electron chi connectivity index (χ3n) is 5.42. The summed E-state index contributed by atoms with van der Waals surface area (Å²) in [6.45, 7) is 1.32. The van der Waals surface area contributed by atoms with Crippen LogP contribution in [0.3, 0.4) is 0 Å². The average Bonchev–Trinajstić information content (AvgIpc) is 3.41. The summed E-state index contributed by atoms with van der Waals surface area (Å²) in [6, 6.07) is 8.24. The molecule has 0 spiro atoms. The first kappa shape index (κ1) is 26.0. The van der Waals surface area contributed by atoms with Crippen molar-refractivity contribution in [3.8, 4) is 0 Å². The number of aromatic nitrogens is 5. The maximum absolute atomic E-state index is 13.4. The number of ether oxygens (including phenoxy) is 1. The SMILES string of the molecule is CCOC(=O)n1cc(CN(Cc2cc(C(F)(F)F)cc(C(F)(F)F)c2)c2nnn(C)n2)c2ccccc21. The molecule has 2 aromatic heterocycles. The molecule has 37 heavy (non-hydrogen) atoms. The van der Waals surface area contributed by atoms with Crippen molar-refractivity contribution in [1.29, 1.82) is 0 Å². The predicted octanol–water partition coefficient (Wildman–Crippen LogP) is 5.41. The van der Waals surface area contributed by atoms with Crippen LogP contribution < -0.4 is 4.90 Å². The topological polar surface area (TPSA) is 78.1 Å². The van der Waals surface area contributed by atoms with Crippen molar-refractivity contribution in [1.82, 2.24) is 24.8 Å². The molecule has 8 nitrogen and oxygen atoms in total. The van der Waals surface area contributed by atoms with Gasteiger partial charge in [-0.2, -0.15) is 31.1 Å². The Bertz CT molecular complexity index is 1390. The van der Waals surface area contributed by atoms with Crippen LogP contribution in [0.5, 0.6) is 0 Å². The van der Waals surface area contributed by atoms with E-state index in [-0.39, 0.29) is 30.7 Å². The number of alkyl halides is 6. The smallest absolute Gasteiger partial charge is 0.418 e. The van der Waals surface area contributed by atoms with E-state index in [1.807, 2.05) is 0 Å². The Kier molecular flexibility index (Phi) is 6.84. The zero-order valence-corrected chi connectivity index (χ0v) is 19.5. The largest absolute Gasteiger partial charge is 0.449 e. The molecule has 4 aromatic rings. The minimum Gasteiger partial charge on any atom is -0.449 e. The predicted molar refractivity (Wildman–Crippen MR) is 119 cm³/mol. The van der Waals surface area contributed by atoms with Crippen LogP contribution in [-0.4, -0.2) is 37.5 Å². The van der Waals surface area contributed by atoms with Gasteiger partial charge in [-0.05, 0) is 47.5 Å². The molecule has 0 amide bonds. The lowest BCUT2D eigenvalue weighted by Gasteiger charge is -2.22. The number of hydrogen-bond donors (Lipinski definition) is 0. The number of halogens is 6. The maximum atomic E-state index is 13.4. The molecule has 2 heterocycles. The molecule has 0 unspecified atom stereocenters. The summed E-state index contributed by atoms with van der Waals surface area (Å²) in [6.07, 6.45) is -9.11. The van der Waals surface area contributed by atoms with Crippen molar-refractivity contribution in [3.63, 3.8) is 0 Å². The molecule has 196 valence electrons. The van der Waals surface area contributed by atoms with E-state index in [1.54, 1.807) is 31.2 Å². The van der Waals surface area contributed by atoms with E-state index in [0.29, 0.717) is 28.6 Å². The van der Waals surface area contributed by atoms with Gasteiger partial charge in [0.25, 0.3) is 5.95 Å². The number of para-hydroxylation sites is 1. The van der Waals surface area contributed by atoms with Crippen LogP contribution in [0.25, 0.3) is 10.9 Å². The number of benzene rings is 2. The maximum Gasteiger partial charge on any atom is 0.418 e. The molecule has 0 aliphatic rings. The van der Waals surface area contributed by atoms with Crippen molar-refractivity contribution in [2.45, 2.75) is 32.4 Å². The summed E-state index contributed by atoms with van der Waals surface area (Å²) in [5, 5.41) is 12.3. The number of tetrazole rings is 1. The first-order valence-corrected chi connectivity index (χ1v) is 10.9. The van der Waals surface area contributed by atoms with Gasteiger partial charge >= 0.3 is 18.4 Å². The van der Waals surface area contributed by atoms with Gasteiger partial charge in [-0.3, -0.25) is 4.57 Å². The van der Waals surface area contributed by atoms with Crippen molar-refractivity contribution in [3.05, 3.63) is 70.9 Å². The van der Waals surface area contributed by atoms with Gasteiger partial charge in [0.15, 0.2) is 0 Å². The minimum absolute atomic E-state index is 0.0264. The van der Waals surface area contributed by atoms with Gasteiger partial charge in [-0.15, -0.1) is 5.10 Å². The van der Waals surface area contributed by atoms with Gasteiger partial charge in [0, 0.05) is 24.7 Å². The zero-order chi connectivity index (χ0) is 27.0.